The number of hydrogen-bond acceptors (Lipinski definition) is 1. The summed E-state index contributed by atoms with van der Waals surface area (Å²) in [5, 5.41) is 8.82. The largest absolute Gasteiger partial charge is 0.481 e. The Morgan fingerprint density at radius 1 is 1.31 bits per heavy atom. The Morgan fingerprint density at radius 2 is 1.85 bits per heavy atom. The van der Waals surface area contributed by atoms with Gasteiger partial charge >= 0.3 is 5.97 Å². The van der Waals surface area contributed by atoms with Crippen molar-refractivity contribution in [3.05, 3.63) is 12.2 Å². The van der Waals surface area contributed by atoms with E-state index in [1.807, 2.05) is 0 Å². The Bertz CT molecular complexity index is 181. The lowest BCUT2D eigenvalue weighted by molar-refractivity contribution is -0.147. The third-order valence-corrected chi connectivity index (χ3v) is 2.14. The first-order valence-electron chi connectivity index (χ1n) is 4.89. The van der Waals surface area contributed by atoms with E-state index in [1.165, 1.54) is 0 Å². The predicted octanol–water partition coefficient (Wildman–Crippen LogP) is 3.23. The van der Waals surface area contributed by atoms with Gasteiger partial charge in [-0.05, 0) is 33.1 Å². The van der Waals surface area contributed by atoms with Gasteiger partial charge in [0.25, 0.3) is 0 Å². The number of carbonyl (C=O) groups is 1. The van der Waals surface area contributed by atoms with E-state index in [2.05, 4.69) is 19.1 Å². The normalized spacial score (nSPS) is 12.2. The first-order chi connectivity index (χ1) is 6.00. The molecular formula is C11H20O2. The van der Waals surface area contributed by atoms with Crippen molar-refractivity contribution in [1.82, 2.24) is 0 Å². The molecule has 1 N–H and O–H groups in total. The maximum absolute atomic E-state index is 10.7. The van der Waals surface area contributed by atoms with Crippen LogP contribution in [0.4, 0.5) is 0 Å². The lowest BCUT2D eigenvalue weighted by Crippen LogP contribution is -2.23. The number of hydrogen-bond donors (Lipinski definition) is 1. The Labute approximate surface area is 80.7 Å². The molecule has 13 heavy (non-hydrogen) atoms. The van der Waals surface area contributed by atoms with E-state index in [4.69, 9.17) is 5.11 Å². The van der Waals surface area contributed by atoms with Crippen LogP contribution in [0.2, 0.25) is 0 Å². The van der Waals surface area contributed by atoms with Crippen molar-refractivity contribution < 1.29 is 9.90 Å². The second-order valence-corrected chi connectivity index (χ2v) is 3.99. The van der Waals surface area contributed by atoms with Crippen molar-refractivity contribution in [3.63, 3.8) is 0 Å². The zero-order valence-corrected chi connectivity index (χ0v) is 8.84. The van der Waals surface area contributed by atoms with E-state index in [9.17, 15) is 4.79 Å². The lowest BCUT2D eigenvalue weighted by Gasteiger charge is -2.17. The zero-order valence-electron chi connectivity index (χ0n) is 8.84. The molecule has 0 unspecified atom stereocenters. The van der Waals surface area contributed by atoms with E-state index in [0.29, 0.717) is 6.42 Å². The Hall–Kier alpha value is -0.790. The predicted molar refractivity (Wildman–Crippen MR) is 54.7 cm³/mol. The summed E-state index contributed by atoms with van der Waals surface area (Å²) in [7, 11) is 0. The first kappa shape index (κ1) is 12.2. The van der Waals surface area contributed by atoms with E-state index in [-0.39, 0.29) is 0 Å². The van der Waals surface area contributed by atoms with Crippen LogP contribution < -0.4 is 0 Å². The lowest BCUT2D eigenvalue weighted by atomic mass is 9.88. The van der Waals surface area contributed by atoms with Gasteiger partial charge in [-0.15, -0.1) is 0 Å². The fourth-order valence-corrected chi connectivity index (χ4v) is 0.953. The van der Waals surface area contributed by atoms with Crippen LogP contribution in [0, 0.1) is 5.41 Å². The van der Waals surface area contributed by atoms with Crippen LogP contribution in [-0.2, 0) is 4.79 Å². The highest BCUT2D eigenvalue weighted by molar-refractivity contribution is 5.73. The summed E-state index contributed by atoms with van der Waals surface area (Å²) < 4.78 is 0. The number of carboxylic acid groups (broad SMARTS) is 1. The summed E-state index contributed by atoms with van der Waals surface area (Å²) in [6.07, 6.45) is 8.01. The second kappa shape index (κ2) is 5.79. The molecule has 0 aromatic rings. The molecule has 0 rings (SSSR count). The van der Waals surface area contributed by atoms with Crippen molar-refractivity contribution in [1.29, 1.82) is 0 Å². The molecule has 0 fully saturated rings. The molecule has 0 spiro atoms. The standard InChI is InChI=1S/C11H20O2/c1-4-5-6-7-8-9-11(2,3)10(12)13/h6-7H,4-5,8-9H2,1-3H3,(H,12,13)/b7-6+. The number of unbranched alkanes of at least 4 members (excludes halogenated alkanes) is 1. The summed E-state index contributed by atoms with van der Waals surface area (Å²) in [5.74, 6) is -0.712. The molecule has 0 aromatic carbocycles. The molecule has 0 aliphatic rings. The molecule has 0 amide bonds. The molecule has 0 aromatic heterocycles. The molecular weight excluding hydrogens is 164 g/mol. The van der Waals surface area contributed by atoms with Crippen molar-refractivity contribution >= 4 is 5.97 Å². The smallest absolute Gasteiger partial charge is 0.309 e. The average molecular weight is 184 g/mol. The van der Waals surface area contributed by atoms with Crippen molar-refractivity contribution in [2.45, 2.75) is 46.5 Å². The van der Waals surface area contributed by atoms with Crippen LogP contribution in [-0.4, -0.2) is 11.1 Å². The molecule has 0 heterocycles. The SMILES string of the molecule is CCC/C=C/CCC(C)(C)C(=O)O. The highest BCUT2D eigenvalue weighted by Crippen LogP contribution is 2.22. The molecule has 0 saturated carbocycles. The number of aliphatic carboxylic acids is 1. The fourth-order valence-electron chi connectivity index (χ4n) is 0.953. The Morgan fingerprint density at radius 3 is 2.31 bits per heavy atom. The minimum absolute atomic E-state index is 0.587. The van der Waals surface area contributed by atoms with Gasteiger partial charge < -0.3 is 5.11 Å². The third kappa shape index (κ3) is 5.45. The summed E-state index contributed by atoms with van der Waals surface area (Å²) in [5.41, 5.74) is -0.587. The summed E-state index contributed by atoms with van der Waals surface area (Å²) in [6, 6.07) is 0. The Kier molecular flexibility index (Phi) is 5.44. The van der Waals surface area contributed by atoms with Gasteiger partial charge in [-0.25, -0.2) is 0 Å². The summed E-state index contributed by atoms with van der Waals surface area (Å²) >= 11 is 0. The number of allylic oxidation sites excluding steroid dienone is 2. The van der Waals surface area contributed by atoms with Gasteiger partial charge in [-0.1, -0.05) is 25.5 Å². The van der Waals surface area contributed by atoms with Gasteiger partial charge in [0.15, 0.2) is 0 Å². The van der Waals surface area contributed by atoms with Gasteiger partial charge in [0.1, 0.15) is 0 Å². The Balaban J connectivity index is 3.69. The molecule has 0 bridgehead atoms. The minimum Gasteiger partial charge on any atom is -0.481 e. The molecule has 0 aliphatic heterocycles. The van der Waals surface area contributed by atoms with Crippen molar-refractivity contribution in [3.8, 4) is 0 Å². The van der Waals surface area contributed by atoms with Gasteiger partial charge in [-0.2, -0.15) is 0 Å². The summed E-state index contributed by atoms with van der Waals surface area (Å²) in [6.45, 7) is 5.66. The molecule has 76 valence electrons. The van der Waals surface area contributed by atoms with Crippen LogP contribution in [0.25, 0.3) is 0 Å². The number of rotatable bonds is 6. The monoisotopic (exact) mass is 184 g/mol. The van der Waals surface area contributed by atoms with Gasteiger partial charge in [-0.3, -0.25) is 4.79 Å². The summed E-state index contributed by atoms with van der Waals surface area (Å²) in [4.78, 5) is 10.7. The van der Waals surface area contributed by atoms with Crippen LogP contribution in [0.5, 0.6) is 0 Å². The highest BCUT2D eigenvalue weighted by atomic mass is 16.4. The van der Waals surface area contributed by atoms with E-state index in [1.54, 1.807) is 13.8 Å². The van der Waals surface area contributed by atoms with Crippen LogP contribution in [0.1, 0.15) is 46.5 Å². The molecule has 0 radical (unpaired) electrons. The van der Waals surface area contributed by atoms with Crippen LogP contribution >= 0.6 is 0 Å². The molecule has 2 heteroatoms. The van der Waals surface area contributed by atoms with E-state index >= 15 is 0 Å². The van der Waals surface area contributed by atoms with Crippen LogP contribution in [0.3, 0.4) is 0 Å². The molecule has 0 atom stereocenters. The van der Waals surface area contributed by atoms with Crippen molar-refractivity contribution in [2.24, 2.45) is 5.41 Å². The highest BCUT2D eigenvalue weighted by Gasteiger charge is 2.25. The van der Waals surface area contributed by atoms with Gasteiger partial charge in [0.05, 0.1) is 5.41 Å². The van der Waals surface area contributed by atoms with Crippen molar-refractivity contribution in [2.75, 3.05) is 0 Å². The quantitative estimate of drug-likeness (QED) is 0.643. The second-order valence-electron chi connectivity index (χ2n) is 3.99. The van der Waals surface area contributed by atoms with E-state index < -0.39 is 11.4 Å². The third-order valence-electron chi connectivity index (χ3n) is 2.14. The topological polar surface area (TPSA) is 37.3 Å². The molecule has 0 aliphatic carbocycles. The maximum atomic E-state index is 10.7. The zero-order chi connectivity index (χ0) is 10.3. The van der Waals surface area contributed by atoms with Crippen LogP contribution in [0.15, 0.2) is 12.2 Å². The fraction of sp³-hybridized carbons (Fsp3) is 0.727. The maximum Gasteiger partial charge on any atom is 0.309 e. The van der Waals surface area contributed by atoms with Gasteiger partial charge in [0, 0.05) is 0 Å². The molecule has 0 saturated heterocycles. The number of carboxylic acids is 1. The van der Waals surface area contributed by atoms with E-state index in [0.717, 1.165) is 19.3 Å². The average Bonchev–Trinajstić information content (AvgIpc) is 2.03. The van der Waals surface area contributed by atoms with Gasteiger partial charge in [0.2, 0.25) is 0 Å². The minimum atomic E-state index is -0.712. The first-order valence-corrected chi connectivity index (χ1v) is 4.89. The molecule has 2 nitrogen and oxygen atoms in total.